The average Bonchev–Trinajstić information content (AvgIpc) is 3.24. The Morgan fingerprint density at radius 2 is 1.42 bits per heavy atom. The van der Waals surface area contributed by atoms with Gasteiger partial charge in [-0.25, -0.2) is 0 Å². The monoisotopic (exact) mass is 334 g/mol. The average molecular weight is 334 g/mol. The Labute approximate surface area is 148 Å². The summed E-state index contributed by atoms with van der Waals surface area (Å²) in [5.74, 6) is 0. The van der Waals surface area contributed by atoms with Crippen LogP contribution in [0.2, 0.25) is 0 Å². The van der Waals surface area contributed by atoms with E-state index in [9.17, 15) is 0 Å². The van der Waals surface area contributed by atoms with Gasteiger partial charge in [-0.2, -0.15) is 10.2 Å². The van der Waals surface area contributed by atoms with E-state index in [1.165, 1.54) is 27.2 Å². The third kappa shape index (κ3) is 1.68. The van der Waals surface area contributed by atoms with E-state index in [1.807, 2.05) is 12.3 Å². The molecule has 0 radical (unpaired) electrons. The quantitative estimate of drug-likeness (QED) is 0.449. The van der Waals surface area contributed by atoms with Gasteiger partial charge in [-0.05, 0) is 30.3 Å². The van der Waals surface area contributed by atoms with Gasteiger partial charge in [0.15, 0.2) is 0 Å². The Morgan fingerprint density at radius 1 is 0.615 bits per heavy atom. The molecule has 26 heavy (non-hydrogen) atoms. The number of nitrogens with zero attached hydrogens (tertiary/aromatic N) is 3. The number of aromatic amines is 1. The highest BCUT2D eigenvalue weighted by Gasteiger charge is 2.17. The SMILES string of the molecule is c1ccc(-n2c3ccccc3c3c4c(ccc32)[nH]c2cnncc24)cc1. The molecule has 6 rings (SSSR count). The van der Waals surface area contributed by atoms with Crippen LogP contribution in [-0.2, 0) is 0 Å². The first-order chi connectivity index (χ1) is 12.9. The first-order valence-corrected chi connectivity index (χ1v) is 8.61. The highest BCUT2D eigenvalue weighted by molar-refractivity contribution is 6.27. The number of nitrogens with one attached hydrogen (secondary N) is 1. The van der Waals surface area contributed by atoms with Crippen molar-refractivity contribution >= 4 is 43.6 Å². The maximum Gasteiger partial charge on any atom is 0.0737 e. The van der Waals surface area contributed by atoms with Crippen molar-refractivity contribution in [3.05, 3.63) is 79.1 Å². The van der Waals surface area contributed by atoms with Gasteiger partial charge in [0.05, 0.1) is 28.9 Å². The molecule has 3 aromatic heterocycles. The van der Waals surface area contributed by atoms with Crippen LogP contribution in [-0.4, -0.2) is 19.7 Å². The molecule has 0 saturated heterocycles. The largest absolute Gasteiger partial charge is 0.353 e. The van der Waals surface area contributed by atoms with Gasteiger partial charge >= 0.3 is 0 Å². The van der Waals surface area contributed by atoms with Crippen LogP contribution in [0.15, 0.2) is 79.1 Å². The highest BCUT2D eigenvalue weighted by Crippen LogP contribution is 2.39. The molecule has 4 nitrogen and oxygen atoms in total. The maximum atomic E-state index is 4.11. The lowest BCUT2D eigenvalue weighted by molar-refractivity contribution is 1.05. The molecule has 0 bridgehead atoms. The molecule has 3 aromatic carbocycles. The van der Waals surface area contributed by atoms with Crippen molar-refractivity contribution in [3.63, 3.8) is 0 Å². The second-order valence-corrected chi connectivity index (χ2v) is 6.51. The minimum Gasteiger partial charge on any atom is -0.353 e. The third-order valence-electron chi connectivity index (χ3n) is 5.12. The van der Waals surface area contributed by atoms with E-state index >= 15 is 0 Å². The van der Waals surface area contributed by atoms with Gasteiger partial charge in [-0.15, -0.1) is 0 Å². The lowest BCUT2D eigenvalue weighted by Gasteiger charge is -2.07. The Bertz CT molecular complexity index is 1420. The van der Waals surface area contributed by atoms with E-state index in [0.29, 0.717) is 0 Å². The molecule has 0 aliphatic carbocycles. The van der Waals surface area contributed by atoms with Crippen LogP contribution < -0.4 is 0 Å². The number of hydrogen-bond acceptors (Lipinski definition) is 2. The molecule has 6 aromatic rings. The third-order valence-corrected chi connectivity index (χ3v) is 5.12. The van der Waals surface area contributed by atoms with Crippen LogP contribution in [0, 0.1) is 0 Å². The Balaban J connectivity index is 1.92. The number of para-hydroxylation sites is 2. The van der Waals surface area contributed by atoms with Gasteiger partial charge in [0.25, 0.3) is 0 Å². The fraction of sp³-hybridized carbons (Fsp3) is 0. The second kappa shape index (κ2) is 4.92. The smallest absolute Gasteiger partial charge is 0.0737 e. The van der Waals surface area contributed by atoms with Crippen LogP contribution in [0.25, 0.3) is 49.3 Å². The van der Waals surface area contributed by atoms with Crippen molar-refractivity contribution in [1.82, 2.24) is 19.7 Å². The second-order valence-electron chi connectivity index (χ2n) is 6.51. The summed E-state index contributed by atoms with van der Waals surface area (Å²) in [6, 6.07) is 23.4. The molecular formula is C22H14N4. The van der Waals surface area contributed by atoms with Crippen molar-refractivity contribution in [2.24, 2.45) is 0 Å². The molecule has 4 heteroatoms. The zero-order valence-electron chi connectivity index (χ0n) is 13.8. The lowest BCUT2D eigenvalue weighted by atomic mass is 10.1. The number of aromatic nitrogens is 4. The molecule has 3 heterocycles. The van der Waals surface area contributed by atoms with E-state index < -0.39 is 0 Å². The number of rotatable bonds is 1. The van der Waals surface area contributed by atoms with E-state index in [-0.39, 0.29) is 0 Å². The topological polar surface area (TPSA) is 46.5 Å². The summed E-state index contributed by atoms with van der Waals surface area (Å²) in [6.45, 7) is 0. The van der Waals surface area contributed by atoms with Crippen molar-refractivity contribution in [2.75, 3.05) is 0 Å². The fourth-order valence-electron chi connectivity index (χ4n) is 4.06. The fourth-order valence-corrected chi connectivity index (χ4v) is 4.06. The minimum absolute atomic E-state index is 1.01. The molecule has 0 spiro atoms. The maximum absolute atomic E-state index is 4.11. The normalized spacial score (nSPS) is 11.8. The summed E-state index contributed by atoms with van der Waals surface area (Å²) in [4.78, 5) is 3.47. The number of benzene rings is 3. The van der Waals surface area contributed by atoms with Gasteiger partial charge in [0, 0.05) is 32.7 Å². The number of H-pyrrole nitrogens is 1. The summed E-state index contributed by atoms with van der Waals surface area (Å²) in [5, 5.41) is 12.9. The van der Waals surface area contributed by atoms with Crippen molar-refractivity contribution < 1.29 is 0 Å². The van der Waals surface area contributed by atoms with Gasteiger partial charge in [0.1, 0.15) is 0 Å². The summed E-state index contributed by atoms with van der Waals surface area (Å²) in [5.41, 5.74) is 5.69. The lowest BCUT2D eigenvalue weighted by Crippen LogP contribution is -1.92. The first-order valence-electron chi connectivity index (χ1n) is 8.61. The molecule has 0 aliphatic rings. The van der Waals surface area contributed by atoms with E-state index in [4.69, 9.17) is 0 Å². The van der Waals surface area contributed by atoms with E-state index in [0.717, 1.165) is 22.1 Å². The van der Waals surface area contributed by atoms with Crippen LogP contribution in [0.5, 0.6) is 0 Å². The molecule has 1 N–H and O–H groups in total. The summed E-state index contributed by atoms with van der Waals surface area (Å²) in [6.07, 6.45) is 3.64. The van der Waals surface area contributed by atoms with Crippen molar-refractivity contribution in [3.8, 4) is 5.69 Å². The Hall–Kier alpha value is -3.66. The van der Waals surface area contributed by atoms with Crippen LogP contribution in [0.4, 0.5) is 0 Å². The van der Waals surface area contributed by atoms with Gasteiger partial charge in [0.2, 0.25) is 0 Å². The zero-order chi connectivity index (χ0) is 17.1. The molecule has 0 fully saturated rings. The predicted molar refractivity (Wildman–Crippen MR) is 106 cm³/mol. The van der Waals surface area contributed by atoms with Crippen molar-refractivity contribution in [1.29, 1.82) is 0 Å². The summed E-state index contributed by atoms with van der Waals surface area (Å²) >= 11 is 0. The van der Waals surface area contributed by atoms with E-state index in [2.05, 4.69) is 80.4 Å². The molecule has 0 unspecified atom stereocenters. The molecule has 0 aliphatic heterocycles. The Kier molecular flexibility index (Phi) is 2.58. The highest BCUT2D eigenvalue weighted by atomic mass is 15.1. The molecule has 0 atom stereocenters. The number of fused-ring (bicyclic) bond motifs is 7. The standard InChI is InChI=1S/C22H14N4/c1-2-6-14(7-3-1)26-19-9-5-4-8-15(19)22-20(26)11-10-17-21(22)16-12-23-24-13-18(16)25-17/h1-13,25H. The predicted octanol–water partition coefficient (Wildman–Crippen LogP) is 5.21. The zero-order valence-corrected chi connectivity index (χ0v) is 13.8. The summed E-state index contributed by atoms with van der Waals surface area (Å²) < 4.78 is 2.33. The minimum atomic E-state index is 1.01. The number of hydrogen-bond donors (Lipinski definition) is 1. The van der Waals surface area contributed by atoms with Gasteiger partial charge in [-0.1, -0.05) is 36.4 Å². The first kappa shape index (κ1) is 13.6. The molecule has 0 saturated carbocycles. The molecular weight excluding hydrogens is 320 g/mol. The van der Waals surface area contributed by atoms with Gasteiger partial charge < -0.3 is 9.55 Å². The molecule has 0 amide bonds. The Morgan fingerprint density at radius 3 is 2.35 bits per heavy atom. The van der Waals surface area contributed by atoms with Gasteiger partial charge in [-0.3, -0.25) is 0 Å². The van der Waals surface area contributed by atoms with Crippen LogP contribution in [0.3, 0.4) is 0 Å². The molecule has 122 valence electrons. The van der Waals surface area contributed by atoms with Crippen LogP contribution in [0.1, 0.15) is 0 Å². The summed E-state index contributed by atoms with van der Waals surface area (Å²) in [7, 11) is 0. The van der Waals surface area contributed by atoms with Crippen LogP contribution >= 0.6 is 0 Å². The van der Waals surface area contributed by atoms with Crippen molar-refractivity contribution in [2.45, 2.75) is 0 Å². The van der Waals surface area contributed by atoms with E-state index in [1.54, 1.807) is 6.20 Å².